The van der Waals surface area contributed by atoms with Gasteiger partial charge in [-0.15, -0.1) is 0 Å². The molecule has 2 heterocycles. The maximum Gasteiger partial charge on any atom is 0.303 e. The lowest BCUT2D eigenvalue weighted by molar-refractivity contribution is -0.178. The molecule has 1 N–H and O–H groups in total. The van der Waals surface area contributed by atoms with E-state index in [0.717, 1.165) is 43.5 Å². The van der Waals surface area contributed by atoms with Gasteiger partial charge in [-0.3, -0.25) is 19.2 Å². The normalized spacial score (nSPS) is 17.1. The monoisotopic (exact) mass is 546 g/mol. The van der Waals surface area contributed by atoms with Gasteiger partial charge in [0.2, 0.25) is 12.2 Å². The van der Waals surface area contributed by atoms with E-state index >= 15 is 0 Å². The second-order valence-corrected chi connectivity index (χ2v) is 10.7. The molecule has 10 nitrogen and oxygen atoms in total. The first kappa shape index (κ1) is 28.6. The van der Waals surface area contributed by atoms with Gasteiger partial charge in [0, 0.05) is 46.6 Å². The molecule has 0 aliphatic carbocycles. The van der Waals surface area contributed by atoms with Gasteiger partial charge in [-0.1, -0.05) is 43.3 Å². The minimum absolute atomic E-state index is 0.271. The van der Waals surface area contributed by atoms with Crippen molar-refractivity contribution in [3.05, 3.63) is 65.2 Å². The van der Waals surface area contributed by atoms with Gasteiger partial charge < -0.3 is 24.6 Å². The van der Waals surface area contributed by atoms with Crippen LogP contribution in [0.4, 0.5) is 5.69 Å². The lowest BCUT2D eigenvalue weighted by atomic mass is 9.80. The number of carbonyl (C=O) groups excluding carboxylic acids is 4. The van der Waals surface area contributed by atoms with Crippen molar-refractivity contribution in [1.29, 1.82) is 5.26 Å². The minimum Gasteiger partial charge on any atom is -0.448 e. The summed E-state index contributed by atoms with van der Waals surface area (Å²) in [5.41, 5.74) is 3.15. The van der Waals surface area contributed by atoms with Crippen LogP contribution in [0.2, 0.25) is 0 Å². The van der Waals surface area contributed by atoms with Crippen molar-refractivity contribution in [2.24, 2.45) is 5.41 Å². The van der Waals surface area contributed by atoms with Gasteiger partial charge in [-0.25, -0.2) is 0 Å². The minimum atomic E-state index is -1.64. The van der Waals surface area contributed by atoms with Crippen LogP contribution in [-0.4, -0.2) is 60.5 Å². The molecule has 2 unspecified atom stereocenters. The Hall–Kier alpha value is -4.39. The number of ether oxygens (including phenoxy) is 2. The predicted molar refractivity (Wildman–Crippen MR) is 146 cm³/mol. The Morgan fingerprint density at radius 1 is 0.925 bits per heavy atom. The smallest absolute Gasteiger partial charge is 0.303 e. The van der Waals surface area contributed by atoms with Gasteiger partial charge in [0.25, 0.3) is 11.8 Å². The van der Waals surface area contributed by atoms with Gasteiger partial charge in [0.15, 0.2) is 0 Å². The Morgan fingerprint density at radius 3 is 2.05 bits per heavy atom. The highest BCUT2D eigenvalue weighted by Gasteiger charge is 2.43. The highest BCUT2D eigenvalue weighted by atomic mass is 16.6. The first-order chi connectivity index (χ1) is 19.1. The Kier molecular flexibility index (Phi) is 8.73. The molecule has 2 aromatic rings. The molecule has 0 radical (unpaired) electrons. The maximum atomic E-state index is 13.5. The molecular formula is C30H34N4O6. The van der Waals surface area contributed by atoms with E-state index in [1.165, 1.54) is 4.90 Å². The topological polar surface area (TPSA) is 129 Å². The predicted octanol–water partition coefficient (Wildman–Crippen LogP) is 2.69. The molecule has 2 atom stereocenters. The first-order valence-electron chi connectivity index (χ1n) is 13.3. The van der Waals surface area contributed by atoms with Crippen molar-refractivity contribution >= 4 is 29.4 Å². The first-order valence-corrected chi connectivity index (χ1v) is 13.3. The Bertz CT molecular complexity index is 1300. The fraction of sp³-hybridized carbons (Fsp3) is 0.433. The van der Waals surface area contributed by atoms with Crippen LogP contribution in [0, 0.1) is 16.7 Å². The molecule has 40 heavy (non-hydrogen) atoms. The summed E-state index contributed by atoms with van der Waals surface area (Å²) in [6.07, 6.45) is -1.77. The number of benzene rings is 2. The second-order valence-electron chi connectivity index (χ2n) is 10.7. The zero-order valence-electron chi connectivity index (χ0n) is 23.0. The lowest BCUT2D eigenvalue weighted by Crippen LogP contribution is -2.55. The standard InChI is InChI=1S/C30H34N4O6/c1-20(35)39-26(27(40-21(2)36)29(38)34-17-23-9-4-5-10-24(23)18-34)28(37)32-19-30(3)12-14-33(15-13-30)25-11-7-6-8-22(25)16-31/h4-11,26-27H,12-15,17-19H2,1-3H3,(H,32,37). The molecule has 210 valence electrons. The van der Waals surface area contributed by atoms with E-state index in [9.17, 15) is 24.4 Å². The van der Waals surface area contributed by atoms with E-state index in [4.69, 9.17) is 9.47 Å². The second kappa shape index (κ2) is 12.2. The molecule has 2 amide bonds. The highest BCUT2D eigenvalue weighted by Crippen LogP contribution is 2.33. The molecule has 0 aromatic heterocycles. The van der Waals surface area contributed by atoms with Gasteiger partial charge >= 0.3 is 11.9 Å². The van der Waals surface area contributed by atoms with E-state index in [2.05, 4.69) is 23.2 Å². The van der Waals surface area contributed by atoms with Crippen molar-refractivity contribution in [2.75, 3.05) is 24.5 Å². The number of carbonyl (C=O) groups is 4. The Morgan fingerprint density at radius 2 is 1.48 bits per heavy atom. The van der Waals surface area contributed by atoms with Crippen molar-refractivity contribution in [1.82, 2.24) is 10.2 Å². The molecular weight excluding hydrogens is 512 g/mol. The molecule has 2 aromatic carbocycles. The summed E-state index contributed by atoms with van der Waals surface area (Å²) >= 11 is 0. The number of esters is 2. The zero-order valence-corrected chi connectivity index (χ0v) is 23.0. The average Bonchev–Trinajstić information content (AvgIpc) is 3.38. The fourth-order valence-corrected chi connectivity index (χ4v) is 5.23. The van der Waals surface area contributed by atoms with Crippen LogP contribution in [0.15, 0.2) is 48.5 Å². The number of piperidine rings is 1. The average molecular weight is 547 g/mol. The van der Waals surface area contributed by atoms with Gasteiger partial charge in [0.05, 0.1) is 11.3 Å². The summed E-state index contributed by atoms with van der Waals surface area (Å²) in [5, 5.41) is 12.3. The molecule has 2 aliphatic rings. The third-order valence-electron chi connectivity index (χ3n) is 7.54. The summed E-state index contributed by atoms with van der Waals surface area (Å²) in [5.74, 6) is -2.85. The van der Waals surface area contributed by atoms with Gasteiger partial charge in [-0.2, -0.15) is 5.26 Å². The number of hydrogen-bond donors (Lipinski definition) is 1. The zero-order chi connectivity index (χ0) is 28.9. The number of nitrogens with zero attached hydrogens (tertiary/aromatic N) is 3. The van der Waals surface area contributed by atoms with Crippen molar-refractivity contribution < 1.29 is 28.7 Å². The molecule has 1 fully saturated rings. The summed E-state index contributed by atoms with van der Waals surface area (Å²) in [6.45, 7) is 6.59. The van der Waals surface area contributed by atoms with Crippen molar-refractivity contribution in [3.8, 4) is 6.07 Å². The van der Waals surface area contributed by atoms with E-state index < -0.39 is 36.0 Å². The molecule has 4 rings (SSSR count). The summed E-state index contributed by atoms with van der Waals surface area (Å²) in [7, 11) is 0. The SMILES string of the molecule is CC(=O)OC(C(=O)NCC1(C)CCN(c2ccccc2C#N)CC1)C(OC(C)=O)C(=O)N1Cc2ccccc2C1. The summed E-state index contributed by atoms with van der Waals surface area (Å²) in [4.78, 5) is 54.5. The lowest BCUT2D eigenvalue weighted by Gasteiger charge is -2.41. The van der Waals surface area contributed by atoms with Crippen LogP contribution in [0.25, 0.3) is 0 Å². The fourth-order valence-electron chi connectivity index (χ4n) is 5.23. The molecule has 1 saturated heterocycles. The number of rotatable bonds is 8. The van der Waals surface area contributed by atoms with Crippen LogP contribution >= 0.6 is 0 Å². The number of para-hydroxylation sites is 1. The number of nitrogens with one attached hydrogen (secondary N) is 1. The van der Waals surface area contributed by atoms with Crippen molar-refractivity contribution in [2.45, 2.75) is 58.9 Å². The number of fused-ring (bicyclic) bond motifs is 1. The number of anilines is 1. The van der Waals surface area contributed by atoms with Crippen molar-refractivity contribution in [3.63, 3.8) is 0 Å². The molecule has 10 heteroatoms. The molecule has 2 aliphatic heterocycles. The third kappa shape index (κ3) is 6.60. The van der Waals surface area contributed by atoms with E-state index in [1.54, 1.807) is 6.07 Å². The largest absolute Gasteiger partial charge is 0.448 e. The third-order valence-corrected chi connectivity index (χ3v) is 7.54. The highest BCUT2D eigenvalue weighted by molar-refractivity contribution is 5.93. The van der Waals surface area contributed by atoms with Gasteiger partial charge in [-0.05, 0) is 41.5 Å². The van der Waals surface area contributed by atoms with Crippen LogP contribution in [0.1, 0.15) is 50.3 Å². The van der Waals surface area contributed by atoms with E-state index in [-0.39, 0.29) is 12.0 Å². The summed E-state index contributed by atoms with van der Waals surface area (Å²) in [6, 6.07) is 17.3. The van der Waals surface area contributed by atoms with Crippen LogP contribution in [0.5, 0.6) is 0 Å². The van der Waals surface area contributed by atoms with E-state index in [1.807, 2.05) is 42.5 Å². The molecule has 0 saturated carbocycles. The van der Waals surface area contributed by atoms with Crippen LogP contribution < -0.4 is 10.2 Å². The number of amides is 2. The molecule has 0 bridgehead atoms. The van der Waals surface area contributed by atoms with Crippen LogP contribution in [0.3, 0.4) is 0 Å². The maximum absolute atomic E-state index is 13.5. The Labute approximate surface area is 233 Å². The molecule has 0 spiro atoms. The van der Waals surface area contributed by atoms with Gasteiger partial charge in [0.1, 0.15) is 6.07 Å². The Balaban J connectivity index is 1.44. The van der Waals surface area contributed by atoms with Crippen LogP contribution in [-0.2, 0) is 41.7 Å². The number of nitriles is 1. The number of hydrogen-bond acceptors (Lipinski definition) is 8. The van der Waals surface area contributed by atoms with E-state index in [0.29, 0.717) is 31.7 Å². The summed E-state index contributed by atoms with van der Waals surface area (Å²) < 4.78 is 10.6. The quantitative estimate of drug-likeness (QED) is 0.501.